The molecule has 0 spiro atoms. The Hall–Kier alpha value is -0.300. The average molecular weight is 323 g/mol. The maximum Gasteiger partial charge on any atom is 0.0727 e. The van der Waals surface area contributed by atoms with Crippen LogP contribution in [0.2, 0.25) is 0 Å². The smallest absolute Gasteiger partial charge is 0.0727 e. The van der Waals surface area contributed by atoms with Crippen LogP contribution in [0.1, 0.15) is 110 Å². The number of hydrogen-bond acceptors (Lipinski definition) is 1. The first-order valence-electron chi connectivity index (χ1n) is 10.6. The van der Waals surface area contributed by atoms with Gasteiger partial charge in [-0.05, 0) is 32.1 Å². The highest BCUT2D eigenvalue weighted by atomic mass is 16.5. The van der Waals surface area contributed by atoms with E-state index in [4.69, 9.17) is 4.74 Å². The lowest BCUT2D eigenvalue weighted by Gasteiger charge is -2.18. The van der Waals surface area contributed by atoms with E-state index < -0.39 is 0 Å². The molecule has 1 unspecified atom stereocenters. The molecule has 1 saturated carbocycles. The molecule has 1 nitrogen and oxygen atoms in total. The van der Waals surface area contributed by atoms with Crippen molar-refractivity contribution in [1.29, 1.82) is 0 Å². The van der Waals surface area contributed by atoms with Crippen LogP contribution in [0.4, 0.5) is 0 Å². The second-order valence-corrected chi connectivity index (χ2v) is 7.54. The standard InChI is InChI=1S/C22H42O/c1-3-4-5-6-7-8-9-10-11-15-20-23-21(2)18-19-22-16-13-12-14-17-22/h18-19,21-22H,3-17,20H2,1-2H3/b19-18+. The molecular weight excluding hydrogens is 280 g/mol. The average Bonchev–Trinajstić information content (AvgIpc) is 2.59. The molecular formula is C22H42O. The van der Waals surface area contributed by atoms with Crippen molar-refractivity contribution in [3.05, 3.63) is 12.2 Å². The highest BCUT2D eigenvalue weighted by Gasteiger charge is 2.10. The number of hydrogen-bond donors (Lipinski definition) is 0. The summed E-state index contributed by atoms with van der Waals surface area (Å²) in [5.41, 5.74) is 0. The van der Waals surface area contributed by atoms with Crippen molar-refractivity contribution in [3.63, 3.8) is 0 Å². The summed E-state index contributed by atoms with van der Waals surface area (Å²) < 4.78 is 5.92. The molecule has 1 fully saturated rings. The molecule has 0 N–H and O–H groups in total. The molecule has 1 heteroatoms. The monoisotopic (exact) mass is 322 g/mol. The summed E-state index contributed by atoms with van der Waals surface area (Å²) in [7, 11) is 0. The maximum absolute atomic E-state index is 5.92. The van der Waals surface area contributed by atoms with Crippen LogP contribution in [-0.2, 0) is 4.74 Å². The first kappa shape index (κ1) is 20.7. The zero-order valence-corrected chi connectivity index (χ0v) is 16.0. The van der Waals surface area contributed by atoms with Gasteiger partial charge in [0.1, 0.15) is 0 Å². The number of ether oxygens (including phenoxy) is 1. The Morgan fingerprint density at radius 3 is 2.00 bits per heavy atom. The van der Waals surface area contributed by atoms with E-state index >= 15 is 0 Å². The minimum Gasteiger partial charge on any atom is -0.374 e. The molecule has 1 atom stereocenters. The molecule has 0 aromatic carbocycles. The van der Waals surface area contributed by atoms with Crippen LogP contribution in [0.15, 0.2) is 12.2 Å². The van der Waals surface area contributed by atoms with E-state index in [1.54, 1.807) is 0 Å². The van der Waals surface area contributed by atoms with Crippen LogP contribution < -0.4 is 0 Å². The van der Waals surface area contributed by atoms with E-state index in [2.05, 4.69) is 26.0 Å². The Labute approximate surface area is 146 Å². The third kappa shape index (κ3) is 12.8. The fourth-order valence-corrected chi connectivity index (χ4v) is 3.55. The van der Waals surface area contributed by atoms with E-state index in [1.165, 1.54) is 96.3 Å². The Morgan fingerprint density at radius 2 is 1.39 bits per heavy atom. The van der Waals surface area contributed by atoms with Gasteiger partial charge in [0, 0.05) is 6.61 Å². The van der Waals surface area contributed by atoms with Gasteiger partial charge in [0.25, 0.3) is 0 Å². The van der Waals surface area contributed by atoms with Gasteiger partial charge in [0.2, 0.25) is 0 Å². The van der Waals surface area contributed by atoms with Crippen molar-refractivity contribution in [3.8, 4) is 0 Å². The highest BCUT2D eigenvalue weighted by molar-refractivity contribution is 4.93. The quantitative estimate of drug-likeness (QED) is 0.238. The van der Waals surface area contributed by atoms with E-state index in [0.29, 0.717) is 6.10 Å². The van der Waals surface area contributed by atoms with Gasteiger partial charge in [0.05, 0.1) is 6.10 Å². The highest BCUT2D eigenvalue weighted by Crippen LogP contribution is 2.24. The number of allylic oxidation sites excluding steroid dienone is 1. The van der Waals surface area contributed by atoms with Crippen molar-refractivity contribution < 1.29 is 4.74 Å². The lowest BCUT2D eigenvalue weighted by molar-refractivity contribution is 0.0934. The van der Waals surface area contributed by atoms with E-state index in [0.717, 1.165) is 12.5 Å². The van der Waals surface area contributed by atoms with Crippen molar-refractivity contribution >= 4 is 0 Å². The Balaban J connectivity index is 1.83. The van der Waals surface area contributed by atoms with Gasteiger partial charge in [-0.15, -0.1) is 0 Å². The summed E-state index contributed by atoms with van der Waals surface area (Å²) in [4.78, 5) is 0. The minimum atomic E-state index is 0.301. The molecule has 0 heterocycles. The molecule has 0 aliphatic heterocycles. The molecule has 0 aromatic rings. The summed E-state index contributed by atoms with van der Waals surface area (Å²) in [6.45, 7) is 5.41. The number of unbranched alkanes of at least 4 members (excludes halogenated alkanes) is 9. The molecule has 0 amide bonds. The van der Waals surface area contributed by atoms with Crippen LogP contribution in [0.25, 0.3) is 0 Å². The third-order valence-electron chi connectivity index (χ3n) is 5.18. The van der Waals surface area contributed by atoms with Crippen LogP contribution in [0.3, 0.4) is 0 Å². The van der Waals surface area contributed by atoms with Crippen LogP contribution >= 0.6 is 0 Å². The molecule has 23 heavy (non-hydrogen) atoms. The Bertz CT molecular complexity index is 265. The predicted octanol–water partition coefficient (Wildman–Crippen LogP) is 7.45. The van der Waals surface area contributed by atoms with Crippen LogP contribution in [-0.4, -0.2) is 12.7 Å². The van der Waals surface area contributed by atoms with Gasteiger partial charge in [-0.25, -0.2) is 0 Å². The lowest BCUT2D eigenvalue weighted by Crippen LogP contribution is -2.08. The fourth-order valence-electron chi connectivity index (χ4n) is 3.55. The Kier molecular flexibility index (Phi) is 13.7. The summed E-state index contributed by atoms with van der Waals surface area (Å²) in [6.07, 6.45) is 26.0. The fraction of sp³-hybridized carbons (Fsp3) is 0.909. The molecule has 1 aliphatic carbocycles. The largest absolute Gasteiger partial charge is 0.374 e. The molecule has 0 saturated heterocycles. The van der Waals surface area contributed by atoms with Gasteiger partial charge in [0.15, 0.2) is 0 Å². The van der Waals surface area contributed by atoms with Crippen molar-refractivity contribution in [2.45, 2.75) is 116 Å². The van der Waals surface area contributed by atoms with Gasteiger partial charge in [-0.3, -0.25) is 0 Å². The van der Waals surface area contributed by atoms with Crippen molar-refractivity contribution in [1.82, 2.24) is 0 Å². The zero-order chi connectivity index (χ0) is 16.6. The molecule has 1 rings (SSSR count). The second-order valence-electron chi connectivity index (χ2n) is 7.54. The minimum absolute atomic E-state index is 0.301. The SMILES string of the molecule is CCCCCCCCCCCCOC(C)/C=C/C1CCCCC1. The lowest BCUT2D eigenvalue weighted by atomic mass is 9.89. The third-order valence-corrected chi connectivity index (χ3v) is 5.18. The van der Waals surface area contributed by atoms with Gasteiger partial charge in [-0.1, -0.05) is 96.1 Å². The second kappa shape index (κ2) is 15.2. The molecule has 136 valence electrons. The van der Waals surface area contributed by atoms with E-state index in [1.807, 2.05) is 0 Å². The number of rotatable bonds is 14. The molecule has 0 bridgehead atoms. The van der Waals surface area contributed by atoms with Crippen LogP contribution in [0, 0.1) is 5.92 Å². The summed E-state index contributed by atoms with van der Waals surface area (Å²) >= 11 is 0. The summed E-state index contributed by atoms with van der Waals surface area (Å²) in [6, 6.07) is 0. The normalized spacial score (nSPS) is 17.8. The van der Waals surface area contributed by atoms with Crippen LogP contribution in [0.5, 0.6) is 0 Å². The van der Waals surface area contributed by atoms with Gasteiger partial charge in [-0.2, -0.15) is 0 Å². The van der Waals surface area contributed by atoms with Crippen molar-refractivity contribution in [2.75, 3.05) is 6.61 Å². The van der Waals surface area contributed by atoms with Gasteiger partial charge < -0.3 is 4.74 Å². The van der Waals surface area contributed by atoms with Crippen molar-refractivity contribution in [2.24, 2.45) is 5.92 Å². The Morgan fingerprint density at radius 1 is 0.826 bits per heavy atom. The molecule has 1 aliphatic rings. The predicted molar refractivity (Wildman–Crippen MR) is 103 cm³/mol. The topological polar surface area (TPSA) is 9.23 Å². The maximum atomic E-state index is 5.92. The van der Waals surface area contributed by atoms with E-state index in [-0.39, 0.29) is 0 Å². The zero-order valence-electron chi connectivity index (χ0n) is 16.0. The summed E-state index contributed by atoms with van der Waals surface area (Å²) in [5, 5.41) is 0. The molecule has 0 radical (unpaired) electrons. The first-order chi connectivity index (χ1) is 11.3. The van der Waals surface area contributed by atoms with E-state index in [9.17, 15) is 0 Å². The first-order valence-corrected chi connectivity index (χ1v) is 10.6. The van der Waals surface area contributed by atoms with Gasteiger partial charge >= 0.3 is 0 Å². The summed E-state index contributed by atoms with van der Waals surface area (Å²) in [5.74, 6) is 0.826. The molecule has 0 aromatic heterocycles.